The highest BCUT2D eigenvalue weighted by Gasteiger charge is 2.22. The molecule has 1 aromatic carbocycles. The third-order valence-electron chi connectivity index (χ3n) is 3.89. The number of aryl methyl sites for hydroxylation is 2. The Labute approximate surface area is 125 Å². The van der Waals surface area contributed by atoms with Crippen LogP contribution in [-0.2, 0) is 13.5 Å². The van der Waals surface area contributed by atoms with Gasteiger partial charge in [-0.05, 0) is 19.4 Å². The third kappa shape index (κ3) is 2.86. The smallest absolute Gasteiger partial charge is 0.150 e. The number of nitrogens with two attached hydrogens (primary N) is 1. The maximum atomic E-state index is 14.0. The lowest BCUT2D eigenvalue weighted by molar-refractivity contribution is 0.579. The van der Waals surface area contributed by atoms with E-state index in [0.717, 1.165) is 24.4 Å². The molecule has 0 saturated carbocycles. The molecule has 1 aromatic heterocycles. The second kappa shape index (κ2) is 6.16. The molecule has 0 saturated heterocycles. The molecule has 0 bridgehead atoms. The van der Waals surface area contributed by atoms with Crippen LogP contribution in [-0.4, -0.2) is 16.8 Å². The number of anilines is 2. The molecule has 1 atom stereocenters. The minimum absolute atomic E-state index is 0.127. The molecular formula is C16H23FN4. The fourth-order valence-electron chi connectivity index (χ4n) is 2.63. The number of aromatic nitrogens is 2. The zero-order valence-electron chi connectivity index (χ0n) is 13.1. The minimum Gasteiger partial charge on any atom is -0.394 e. The number of hydrogen-bond donors (Lipinski definition) is 1. The zero-order chi connectivity index (χ0) is 15.6. The van der Waals surface area contributed by atoms with Gasteiger partial charge in [0.05, 0.1) is 17.4 Å². The average molecular weight is 290 g/mol. The molecule has 2 N–H and O–H groups in total. The predicted octanol–water partition coefficient (Wildman–Crippen LogP) is 3.29. The van der Waals surface area contributed by atoms with E-state index in [2.05, 4.69) is 12.0 Å². The van der Waals surface area contributed by atoms with Crippen molar-refractivity contribution in [2.24, 2.45) is 7.05 Å². The van der Waals surface area contributed by atoms with Crippen LogP contribution in [0.3, 0.4) is 0 Å². The number of nitrogens with zero attached hydrogens (tertiary/aromatic N) is 3. The van der Waals surface area contributed by atoms with Crippen molar-refractivity contribution in [1.82, 2.24) is 9.78 Å². The molecule has 0 aliphatic rings. The number of nitrogen functional groups attached to an aromatic ring is 1. The monoisotopic (exact) mass is 290 g/mol. The summed E-state index contributed by atoms with van der Waals surface area (Å²) >= 11 is 0. The summed E-state index contributed by atoms with van der Waals surface area (Å²) in [6.45, 7) is 4.06. The van der Waals surface area contributed by atoms with Crippen LogP contribution in [0.1, 0.15) is 37.6 Å². The second-order valence-corrected chi connectivity index (χ2v) is 5.37. The van der Waals surface area contributed by atoms with Crippen LogP contribution in [0.2, 0.25) is 0 Å². The van der Waals surface area contributed by atoms with Crippen LogP contribution in [0, 0.1) is 5.82 Å². The van der Waals surface area contributed by atoms with E-state index in [9.17, 15) is 4.39 Å². The van der Waals surface area contributed by atoms with Crippen molar-refractivity contribution < 1.29 is 4.39 Å². The van der Waals surface area contributed by atoms with Crippen molar-refractivity contribution in [2.75, 3.05) is 17.7 Å². The molecule has 1 heterocycles. The summed E-state index contributed by atoms with van der Waals surface area (Å²) in [7, 11) is 3.79. The lowest BCUT2D eigenvalue weighted by Crippen LogP contribution is -2.25. The van der Waals surface area contributed by atoms with E-state index in [1.165, 1.54) is 6.07 Å². The first-order valence-electron chi connectivity index (χ1n) is 7.26. The first-order chi connectivity index (χ1) is 9.97. The fourth-order valence-corrected chi connectivity index (χ4v) is 2.63. The van der Waals surface area contributed by atoms with Gasteiger partial charge in [-0.2, -0.15) is 5.10 Å². The van der Waals surface area contributed by atoms with E-state index in [0.29, 0.717) is 11.3 Å². The summed E-state index contributed by atoms with van der Waals surface area (Å²) in [5.74, 6) is 0.626. The normalized spacial score (nSPS) is 12.4. The van der Waals surface area contributed by atoms with Gasteiger partial charge in [-0.1, -0.05) is 31.5 Å². The van der Waals surface area contributed by atoms with Gasteiger partial charge in [-0.25, -0.2) is 4.39 Å². The van der Waals surface area contributed by atoms with Gasteiger partial charge in [0, 0.05) is 19.7 Å². The fraction of sp³-hybridized carbons (Fsp3) is 0.438. The molecule has 0 aliphatic heterocycles. The summed E-state index contributed by atoms with van der Waals surface area (Å²) < 4.78 is 15.7. The average Bonchev–Trinajstić information content (AvgIpc) is 2.73. The Morgan fingerprint density at radius 3 is 2.67 bits per heavy atom. The Morgan fingerprint density at radius 2 is 2.05 bits per heavy atom. The molecule has 0 spiro atoms. The summed E-state index contributed by atoms with van der Waals surface area (Å²) in [6, 6.07) is 6.70. The third-order valence-corrected chi connectivity index (χ3v) is 3.89. The Morgan fingerprint density at radius 1 is 1.38 bits per heavy atom. The van der Waals surface area contributed by atoms with Gasteiger partial charge in [0.15, 0.2) is 5.82 Å². The molecule has 0 radical (unpaired) electrons. The summed E-state index contributed by atoms with van der Waals surface area (Å²) in [5, 5.41) is 4.48. The van der Waals surface area contributed by atoms with E-state index in [1.807, 2.05) is 32.0 Å². The summed E-state index contributed by atoms with van der Waals surface area (Å²) in [5.41, 5.74) is 8.47. The molecule has 21 heavy (non-hydrogen) atoms. The number of rotatable bonds is 5. The van der Waals surface area contributed by atoms with E-state index >= 15 is 0 Å². The van der Waals surface area contributed by atoms with Gasteiger partial charge in [0.1, 0.15) is 5.82 Å². The van der Waals surface area contributed by atoms with Crippen LogP contribution in [0.4, 0.5) is 15.9 Å². The van der Waals surface area contributed by atoms with Crippen molar-refractivity contribution in [2.45, 2.75) is 32.7 Å². The quantitative estimate of drug-likeness (QED) is 0.919. The Hall–Kier alpha value is -2.04. The van der Waals surface area contributed by atoms with Crippen LogP contribution in [0.5, 0.6) is 0 Å². The van der Waals surface area contributed by atoms with Gasteiger partial charge < -0.3 is 10.6 Å². The van der Waals surface area contributed by atoms with Crippen LogP contribution in [0.25, 0.3) is 0 Å². The largest absolute Gasteiger partial charge is 0.394 e. The SMILES string of the molecule is CCCc1nn(C)c(N(C)C(C)c2ccccc2F)c1N. The first-order valence-corrected chi connectivity index (χ1v) is 7.26. The van der Waals surface area contributed by atoms with E-state index < -0.39 is 0 Å². The highest BCUT2D eigenvalue weighted by molar-refractivity contribution is 5.67. The van der Waals surface area contributed by atoms with Crippen molar-refractivity contribution in [1.29, 1.82) is 0 Å². The van der Waals surface area contributed by atoms with Gasteiger partial charge in [-0.15, -0.1) is 0 Å². The Kier molecular flexibility index (Phi) is 4.50. The number of hydrogen-bond acceptors (Lipinski definition) is 3. The van der Waals surface area contributed by atoms with E-state index in [4.69, 9.17) is 5.73 Å². The molecule has 1 unspecified atom stereocenters. The maximum absolute atomic E-state index is 14.0. The van der Waals surface area contributed by atoms with Gasteiger partial charge >= 0.3 is 0 Å². The summed E-state index contributed by atoms with van der Waals surface area (Å²) in [6.07, 6.45) is 1.84. The van der Waals surface area contributed by atoms with E-state index in [-0.39, 0.29) is 11.9 Å². The molecule has 2 aromatic rings. The Bertz CT molecular complexity index is 621. The molecule has 2 rings (SSSR count). The second-order valence-electron chi connectivity index (χ2n) is 5.37. The van der Waals surface area contributed by atoms with Gasteiger partial charge in [0.2, 0.25) is 0 Å². The molecule has 114 valence electrons. The standard InChI is InChI=1S/C16H23FN4/c1-5-8-14-15(18)16(21(4)19-14)20(3)11(2)12-9-6-7-10-13(12)17/h6-7,9-11H,5,8,18H2,1-4H3. The molecular weight excluding hydrogens is 267 g/mol. The lowest BCUT2D eigenvalue weighted by Gasteiger charge is -2.27. The maximum Gasteiger partial charge on any atom is 0.150 e. The molecule has 4 nitrogen and oxygen atoms in total. The van der Waals surface area contributed by atoms with E-state index in [1.54, 1.807) is 16.8 Å². The number of halogens is 1. The Balaban J connectivity index is 2.36. The molecule has 0 fully saturated rings. The first kappa shape index (κ1) is 15.4. The zero-order valence-corrected chi connectivity index (χ0v) is 13.1. The highest BCUT2D eigenvalue weighted by atomic mass is 19.1. The minimum atomic E-state index is -0.202. The molecule has 0 aliphatic carbocycles. The highest BCUT2D eigenvalue weighted by Crippen LogP contribution is 2.32. The van der Waals surface area contributed by atoms with Crippen LogP contribution < -0.4 is 10.6 Å². The predicted molar refractivity (Wildman–Crippen MR) is 84.8 cm³/mol. The molecule has 5 heteroatoms. The van der Waals surface area contributed by atoms with Gasteiger partial charge in [0.25, 0.3) is 0 Å². The number of benzene rings is 1. The summed E-state index contributed by atoms with van der Waals surface area (Å²) in [4.78, 5) is 1.97. The lowest BCUT2D eigenvalue weighted by atomic mass is 10.1. The molecule has 0 amide bonds. The topological polar surface area (TPSA) is 47.1 Å². The van der Waals surface area contributed by atoms with Crippen molar-refractivity contribution in [3.63, 3.8) is 0 Å². The van der Waals surface area contributed by atoms with Crippen molar-refractivity contribution >= 4 is 11.5 Å². The van der Waals surface area contributed by atoms with Crippen LogP contribution in [0.15, 0.2) is 24.3 Å². The van der Waals surface area contributed by atoms with Crippen molar-refractivity contribution in [3.8, 4) is 0 Å². The van der Waals surface area contributed by atoms with Crippen molar-refractivity contribution in [3.05, 3.63) is 41.3 Å². The van der Waals surface area contributed by atoms with Crippen LogP contribution >= 0.6 is 0 Å². The van der Waals surface area contributed by atoms with Gasteiger partial charge in [-0.3, -0.25) is 4.68 Å².